The van der Waals surface area contributed by atoms with Gasteiger partial charge in [0.25, 0.3) is 0 Å². The van der Waals surface area contributed by atoms with Crippen LogP contribution >= 0.6 is 12.6 Å². The first-order valence-electron chi connectivity index (χ1n) is 5.18. The maximum atomic E-state index is 11.2. The van der Waals surface area contributed by atoms with E-state index in [2.05, 4.69) is 12.6 Å². The molecule has 1 N–H and O–H groups in total. The summed E-state index contributed by atoms with van der Waals surface area (Å²) in [4.78, 5) is 11.2. The Balaban J connectivity index is 3.05. The molecule has 0 atom stereocenters. The summed E-state index contributed by atoms with van der Waals surface area (Å²) in [6.45, 7) is 3.37. The van der Waals surface area contributed by atoms with Crippen molar-refractivity contribution < 1.29 is 9.90 Å². The van der Waals surface area contributed by atoms with Gasteiger partial charge in [-0.15, -0.1) is 0 Å². The normalized spacial score (nSPS) is 10.9. The molecule has 0 fully saturated rings. The smallest absolute Gasteiger partial charge is 0.163 e. The highest BCUT2D eigenvalue weighted by atomic mass is 32.1. The van der Waals surface area contributed by atoms with Crippen LogP contribution in [-0.4, -0.2) is 16.6 Å². The molecule has 3 heteroatoms. The number of allylic oxidation sites excluding steroid dienone is 1. The topological polar surface area (TPSA) is 37.3 Å². The fourth-order valence-corrected chi connectivity index (χ4v) is 1.61. The molecule has 0 radical (unpaired) electrons. The molecule has 0 aromatic heterocycles. The number of ketones is 1. The summed E-state index contributed by atoms with van der Waals surface area (Å²) >= 11 is 4.11. The molecule has 16 heavy (non-hydrogen) atoms. The number of hydrogen-bond acceptors (Lipinski definition) is 3. The summed E-state index contributed by atoms with van der Waals surface area (Å²) in [5, 5.41) is 9.67. The molecule has 0 aliphatic rings. The lowest BCUT2D eigenvalue weighted by Gasteiger charge is -2.06. The van der Waals surface area contributed by atoms with E-state index in [1.54, 1.807) is 12.1 Å². The first-order chi connectivity index (χ1) is 7.56. The van der Waals surface area contributed by atoms with Crippen LogP contribution in [0.3, 0.4) is 0 Å². The van der Waals surface area contributed by atoms with Gasteiger partial charge in [-0.05, 0) is 49.3 Å². The van der Waals surface area contributed by atoms with E-state index in [1.807, 2.05) is 19.1 Å². The van der Waals surface area contributed by atoms with Gasteiger partial charge in [-0.1, -0.05) is 12.2 Å². The van der Waals surface area contributed by atoms with Gasteiger partial charge in [0, 0.05) is 0 Å². The molecule has 0 saturated carbocycles. The lowest BCUT2D eigenvalue weighted by Crippen LogP contribution is -1.95. The highest BCUT2D eigenvalue weighted by molar-refractivity contribution is 7.80. The molecule has 0 amide bonds. The summed E-state index contributed by atoms with van der Waals surface area (Å²) < 4.78 is 0. The van der Waals surface area contributed by atoms with Gasteiger partial charge in [0.05, 0.1) is 5.56 Å². The molecule has 1 aromatic carbocycles. The molecule has 0 aliphatic heterocycles. The van der Waals surface area contributed by atoms with Crippen LogP contribution < -0.4 is 0 Å². The Morgan fingerprint density at radius 1 is 1.50 bits per heavy atom. The van der Waals surface area contributed by atoms with Crippen molar-refractivity contribution in [2.75, 3.05) is 5.75 Å². The number of hydrogen-bond donors (Lipinski definition) is 2. The number of phenolic OH excluding ortho intramolecular Hbond substituents is 1. The minimum absolute atomic E-state index is 0.0450. The van der Waals surface area contributed by atoms with E-state index in [1.165, 1.54) is 6.92 Å². The third kappa shape index (κ3) is 3.14. The molecule has 86 valence electrons. The second-order valence-electron chi connectivity index (χ2n) is 3.70. The SMILES string of the molecule is CC(=O)c1cc(C)c(C=CCCS)cc1O. The van der Waals surface area contributed by atoms with E-state index in [4.69, 9.17) is 0 Å². The van der Waals surface area contributed by atoms with Gasteiger partial charge < -0.3 is 5.11 Å². The lowest BCUT2D eigenvalue weighted by atomic mass is 10.0. The number of carbonyl (C=O) groups is 1. The van der Waals surface area contributed by atoms with Crippen molar-refractivity contribution in [2.24, 2.45) is 0 Å². The van der Waals surface area contributed by atoms with Crippen molar-refractivity contribution in [1.29, 1.82) is 0 Å². The van der Waals surface area contributed by atoms with Crippen molar-refractivity contribution in [2.45, 2.75) is 20.3 Å². The fourth-order valence-electron chi connectivity index (χ4n) is 1.46. The summed E-state index contributed by atoms with van der Waals surface area (Å²) in [6.07, 6.45) is 4.83. The number of phenols is 1. The zero-order chi connectivity index (χ0) is 12.1. The molecule has 0 spiro atoms. The fraction of sp³-hybridized carbons (Fsp3) is 0.308. The molecular formula is C13H16O2S. The van der Waals surface area contributed by atoms with Gasteiger partial charge in [0.15, 0.2) is 5.78 Å². The van der Waals surface area contributed by atoms with E-state index in [0.717, 1.165) is 23.3 Å². The van der Waals surface area contributed by atoms with Crippen LogP contribution in [0.4, 0.5) is 0 Å². The van der Waals surface area contributed by atoms with E-state index in [0.29, 0.717) is 5.56 Å². The van der Waals surface area contributed by atoms with Gasteiger partial charge in [0.2, 0.25) is 0 Å². The minimum Gasteiger partial charge on any atom is -0.507 e. The highest BCUT2D eigenvalue weighted by Crippen LogP contribution is 2.23. The number of Topliss-reactive ketones (excluding diaryl/α,β-unsaturated/α-hetero) is 1. The zero-order valence-electron chi connectivity index (χ0n) is 9.53. The Morgan fingerprint density at radius 3 is 2.75 bits per heavy atom. The van der Waals surface area contributed by atoms with E-state index < -0.39 is 0 Å². The first kappa shape index (κ1) is 12.8. The van der Waals surface area contributed by atoms with Crippen LogP contribution in [0.5, 0.6) is 5.75 Å². The van der Waals surface area contributed by atoms with Crippen molar-refractivity contribution in [3.63, 3.8) is 0 Å². The highest BCUT2D eigenvalue weighted by Gasteiger charge is 2.08. The second kappa shape index (κ2) is 5.75. The van der Waals surface area contributed by atoms with Crippen LogP contribution in [0.15, 0.2) is 18.2 Å². The summed E-state index contributed by atoms with van der Waals surface area (Å²) in [7, 11) is 0. The summed E-state index contributed by atoms with van der Waals surface area (Å²) in [5.41, 5.74) is 2.30. The predicted octanol–water partition coefficient (Wildman–Crippen LogP) is 3.24. The van der Waals surface area contributed by atoms with Crippen molar-refractivity contribution in [3.05, 3.63) is 34.9 Å². The number of benzene rings is 1. The molecule has 2 nitrogen and oxygen atoms in total. The van der Waals surface area contributed by atoms with Crippen molar-refractivity contribution >= 4 is 24.5 Å². The van der Waals surface area contributed by atoms with Crippen LogP contribution in [0, 0.1) is 6.92 Å². The van der Waals surface area contributed by atoms with Gasteiger partial charge in [0.1, 0.15) is 5.75 Å². The van der Waals surface area contributed by atoms with Gasteiger partial charge in [-0.25, -0.2) is 0 Å². The number of thiol groups is 1. The maximum absolute atomic E-state index is 11.2. The molecule has 0 heterocycles. The third-order valence-corrected chi connectivity index (χ3v) is 2.62. The standard InChI is InChI=1S/C13H16O2S/c1-9-7-12(10(2)14)13(15)8-11(9)5-3-4-6-16/h3,5,7-8,15-16H,4,6H2,1-2H3. The largest absolute Gasteiger partial charge is 0.507 e. The Bertz CT molecular complexity index is 422. The summed E-state index contributed by atoms with van der Waals surface area (Å²) in [6, 6.07) is 3.35. The Hall–Kier alpha value is -1.22. The lowest BCUT2D eigenvalue weighted by molar-refractivity contribution is 0.101. The predicted molar refractivity (Wildman–Crippen MR) is 70.4 cm³/mol. The van der Waals surface area contributed by atoms with Crippen molar-refractivity contribution in [1.82, 2.24) is 0 Å². The molecule has 0 unspecified atom stereocenters. The van der Waals surface area contributed by atoms with E-state index in [9.17, 15) is 9.90 Å². The number of aryl methyl sites for hydroxylation is 1. The second-order valence-corrected chi connectivity index (χ2v) is 4.14. The maximum Gasteiger partial charge on any atom is 0.163 e. The quantitative estimate of drug-likeness (QED) is 0.622. The van der Waals surface area contributed by atoms with Gasteiger partial charge >= 0.3 is 0 Å². The first-order valence-corrected chi connectivity index (χ1v) is 5.81. The molecule has 0 saturated heterocycles. The molecule has 0 aliphatic carbocycles. The van der Waals surface area contributed by atoms with E-state index >= 15 is 0 Å². The number of aromatic hydroxyl groups is 1. The van der Waals surface area contributed by atoms with Crippen LogP contribution in [0.2, 0.25) is 0 Å². The van der Waals surface area contributed by atoms with Crippen LogP contribution in [0.25, 0.3) is 6.08 Å². The average Bonchev–Trinajstić information content (AvgIpc) is 2.22. The average molecular weight is 236 g/mol. The van der Waals surface area contributed by atoms with E-state index in [-0.39, 0.29) is 11.5 Å². The molecule has 1 aromatic rings. The Labute approximate surface area is 101 Å². The van der Waals surface area contributed by atoms with Gasteiger partial charge in [-0.2, -0.15) is 12.6 Å². The van der Waals surface area contributed by atoms with Crippen LogP contribution in [-0.2, 0) is 0 Å². The third-order valence-electron chi connectivity index (χ3n) is 2.36. The molecule has 0 bridgehead atoms. The summed E-state index contributed by atoms with van der Waals surface area (Å²) in [5.74, 6) is 0.725. The Morgan fingerprint density at radius 2 is 2.19 bits per heavy atom. The zero-order valence-corrected chi connectivity index (χ0v) is 10.4. The minimum atomic E-state index is -0.119. The molecular weight excluding hydrogens is 220 g/mol. The number of rotatable bonds is 4. The Kier molecular flexibility index (Phi) is 4.62. The monoisotopic (exact) mass is 236 g/mol. The van der Waals surface area contributed by atoms with Gasteiger partial charge in [-0.3, -0.25) is 4.79 Å². The molecule has 1 rings (SSSR count). The number of carbonyl (C=O) groups excluding carboxylic acids is 1. The van der Waals surface area contributed by atoms with Crippen molar-refractivity contribution in [3.8, 4) is 5.75 Å². The van der Waals surface area contributed by atoms with Crippen LogP contribution in [0.1, 0.15) is 34.8 Å².